The zero-order chi connectivity index (χ0) is 19.1. The Bertz CT molecular complexity index is 850. The van der Waals surface area contributed by atoms with Crippen LogP contribution in [0.2, 0.25) is 0 Å². The van der Waals surface area contributed by atoms with Gasteiger partial charge in [-0.05, 0) is 66.8 Å². The molecule has 0 bridgehead atoms. The molecule has 2 rings (SSSR count). The van der Waals surface area contributed by atoms with Crippen LogP contribution in [0.1, 0.15) is 42.0 Å². The molecular formula is C21H20N2O3. The van der Waals surface area contributed by atoms with Crippen molar-refractivity contribution in [3.8, 4) is 24.0 Å². The van der Waals surface area contributed by atoms with Crippen molar-refractivity contribution in [1.29, 1.82) is 10.5 Å². The van der Waals surface area contributed by atoms with Gasteiger partial charge < -0.3 is 14.6 Å². The number of aliphatic hydroxyl groups is 1. The average molecular weight is 348 g/mol. The number of ether oxygens (including phenoxy) is 2. The SMILES string of the molecule is CCCC(O)=C(c1ccc(OC#N)c(C)c1)c1ccc(OC#N)c(C)c1. The lowest BCUT2D eigenvalue weighted by Gasteiger charge is -2.15. The predicted molar refractivity (Wildman–Crippen MR) is 98.4 cm³/mol. The number of benzene rings is 2. The summed E-state index contributed by atoms with van der Waals surface area (Å²) in [5.74, 6) is 1.26. The van der Waals surface area contributed by atoms with Crippen LogP contribution in [-0.2, 0) is 0 Å². The molecule has 0 radical (unpaired) electrons. The third kappa shape index (κ3) is 4.15. The predicted octanol–water partition coefficient (Wildman–Crippen LogP) is 5.14. The highest BCUT2D eigenvalue weighted by Gasteiger charge is 2.14. The topological polar surface area (TPSA) is 86.3 Å². The van der Waals surface area contributed by atoms with Gasteiger partial charge in [0.15, 0.2) is 0 Å². The Kier molecular flexibility index (Phi) is 6.25. The maximum Gasteiger partial charge on any atom is 0.292 e. The van der Waals surface area contributed by atoms with Crippen LogP contribution in [0.3, 0.4) is 0 Å². The molecular weight excluding hydrogens is 328 g/mol. The van der Waals surface area contributed by atoms with Gasteiger partial charge in [-0.25, -0.2) is 0 Å². The molecule has 26 heavy (non-hydrogen) atoms. The summed E-state index contributed by atoms with van der Waals surface area (Å²) in [6.45, 7) is 5.69. The highest BCUT2D eigenvalue weighted by atomic mass is 16.5. The Morgan fingerprint density at radius 2 is 1.38 bits per heavy atom. The third-order valence-electron chi connectivity index (χ3n) is 4.01. The Morgan fingerprint density at radius 1 is 0.923 bits per heavy atom. The van der Waals surface area contributed by atoms with E-state index in [9.17, 15) is 5.11 Å². The molecule has 0 fully saturated rings. The molecule has 0 unspecified atom stereocenters. The van der Waals surface area contributed by atoms with Gasteiger partial charge in [0.05, 0.1) is 0 Å². The van der Waals surface area contributed by atoms with E-state index in [1.165, 1.54) is 0 Å². The van der Waals surface area contributed by atoms with Crippen LogP contribution in [-0.4, -0.2) is 5.11 Å². The fraction of sp³-hybridized carbons (Fsp3) is 0.238. The molecule has 0 amide bonds. The van der Waals surface area contributed by atoms with E-state index in [1.54, 1.807) is 24.6 Å². The maximum absolute atomic E-state index is 10.7. The zero-order valence-corrected chi connectivity index (χ0v) is 15.0. The summed E-state index contributed by atoms with van der Waals surface area (Å²) in [4.78, 5) is 0. The largest absolute Gasteiger partial charge is 0.512 e. The molecule has 0 saturated carbocycles. The van der Waals surface area contributed by atoms with Gasteiger partial charge in [-0.3, -0.25) is 0 Å². The Morgan fingerprint density at radius 3 is 1.73 bits per heavy atom. The molecule has 0 aromatic heterocycles. The lowest BCUT2D eigenvalue weighted by molar-refractivity contribution is 0.390. The number of nitrogens with zero attached hydrogens (tertiary/aromatic N) is 2. The number of nitriles is 2. The quantitative estimate of drug-likeness (QED) is 0.577. The minimum Gasteiger partial charge on any atom is -0.512 e. The number of aryl methyl sites for hydroxylation is 2. The van der Waals surface area contributed by atoms with Crippen LogP contribution in [0.4, 0.5) is 0 Å². The first-order valence-corrected chi connectivity index (χ1v) is 8.27. The molecule has 5 nitrogen and oxygen atoms in total. The van der Waals surface area contributed by atoms with Crippen LogP contribution in [0.25, 0.3) is 5.57 Å². The smallest absolute Gasteiger partial charge is 0.292 e. The van der Waals surface area contributed by atoms with Crippen LogP contribution in [0.5, 0.6) is 11.5 Å². The van der Waals surface area contributed by atoms with Gasteiger partial charge >= 0.3 is 0 Å². The Balaban J connectivity index is 2.58. The number of hydrogen-bond acceptors (Lipinski definition) is 5. The third-order valence-corrected chi connectivity index (χ3v) is 4.01. The van der Waals surface area contributed by atoms with E-state index in [4.69, 9.17) is 20.0 Å². The number of allylic oxidation sites excluding steroid dienone is 1. The van der Waals surface area contributed by atoms with Crippen molar-refractivity contribution in [1.82, 2.24) is 0 Å². The lowest BCUT2D eigenvalue weighted by Crippen LogP contribution is -1.98. The first-order valence-electron chi connectivity index (χ1n) is 8.27. The van der Waals surface area contributed by atoms with Crippen molar-refractivity contribution in [3.05, 3.63) is 64.4 Å². The van der Waals surface area contributed by atoms with Crippen LogP contribution < -0.4 is 9.47 Å². The van der Waals surface area contributed by atoms with Crippen molar-refractivity contribution in [2.24, 2.45) is 0 Å². The van der Waals surface area contributed by atoms with Crippen molar-refractivity contribution >= 4 is 5.57 Å². The number of hydrogen-bond donors (Lipinski definition) is 1. The molecule has 5 heteroatoms. The fourth-order valence-electron chi connectivity index (χ4n) is 2.80. The van der Waals surface area contributed by atoms with E-state index in [1.807, 2.05) is 45.0 Å². The van der Waals surface area contributed by atoms with Crippen molar-refractivity contribution in [2.75, 3.05) is 0 Å². The number of rotatable bonds is 6. The van der Waals surface area contributed by atoms with E-state index >= 15 is 0 Å². The van der Waals surface area contributed by atoms with Gasteiger partial charge in [0, 0.05) is 12.0 Å². The van der Waals surface area contributed by atoms with E-state index in [0.717, 1.165) is 28.7 Å². The second-order valence-electron chi connectivity index (χ2n) is 5.92. The monoisotopic (exact) mass is 348 g/mol. The van der Waals surface area contributed by atoms with Gasteiger partial charge in [0.25, 0.3) is 12.5 Å². The standard InChI is InChI=1S/C21H20N2O3/c1-4-5-18(24)21(16-6-8-19(25-12-22)14(2)10-16)17-7-9-20(26-13-23)15(3)11-17/h6-11,24H,4-5H2,1-3H3. The molecule has 0 heterocycles. The highest BCUT2D eigenvalue weighted by molar-refractivity contribution is 5.82. The van der Waals surface area contributed by atoms with Crippen LogP contribution in [0, 0.1) is 36.9 Å². The van der Waals surface area contributed by atoms with E-state index in [2.05, 4.69) is 0 Å². The average Bonchev–Trinajstić information content (AvgIpc) is 2.60. The summed E-state index contributed by atoms with van der Waals surface area (Å²) < 4.78 is 9.85. The van der Waals surface area contributed by atoms with Crippen molar-refractivity contribution < 1.29 is 14.6 Å². The summed E-state index contributed by atoms with van der Waals surface area (Å²) in [7, 11) is 0. The van der Waals surface area contributed by atoms with Gasteiger partial charge in [-0.2, -0.15) is 0 Å². The highest BCUT2D eigenvalue weighted by Crippen LogP contribution is 2.33. The molecule has 0 aliphatic heterocycles. The minimum atomic E-state index is 0.286. The second kappa shape index (κ2) is 8.60. The molecule has 0 atom stereocenters. The zero-order valence-electron chi connectivity index (χ0n) is 15.0. The van der Waals surface area contributed by atoms with Crippen molar-refractivity contribution in [2.45, 2.75) is 33.6 Å². The summed E-state index contributed by atoms with van der Waals surface area (Å²) >= 11 is 0. The van der Waals surface area contributed by atoms with Crippen LogP contribution >= 0.6 is 0 Å². The normalized spacial score (nSPS) is 9.73. The maximum atomic E-state index is 10.7. The van der Waals surface area contributed by atoms with E-state index in [-0.39, 0.29) is 5.76 Å². The van der Waals surface area contributed by atoms with Gasteiger partial charge in [-0.15, -0.1) is 10.5 Å². The van der Waals surface area contributed by atoms with Gasteiger partial charge in [-0.1, -0.05) is 19.1 Å². The molecule has 0 saturated heterocycles. The summed E-state index contributed by atoms with van der Waals surface area (Å²) in [5.41, 5.74) is 3.96. The molecule has 2 aromatic rings. The first-order chi connectivity index (χ1) is 12.5. The van der Waals surface area contributed by atoms with Gasteiger partial charge in [0.1, 0.15) is 17.3 Å². The second-order valence-corrected chi connectivity index (χ2v) is 5.92. The summed E-state index contributed by atoms with van der Waals surface area (Å²) in [5, 5.41) is 28.1. The lowest BCUT2D eigenvalue weighted by atomic mass is 9.93. The fourth-order valence-corrected chi connectivity index (χ4v) is 2.80. The minimum absolute atomic E-state index is 0.286. The molecule has 2 aromatic carbocycles. The van der Waals surface area contributed by atoms with Crippen LogP contribution in [0.15, 0.2) is 42.2 Å². The summed E-state index contributed by atoms with van der Waals surface area (Å²) in [6.07, 6.45) is 4.69. The molecule has 0 aliphatic carbocycles. The Hall–Kier alpha value is -3.44. The van der Waals surface area contributed by atoms with Crippen molar-refractivity contribution in [3.63, 3.8) is 0 Å². The molecule has 0 spiro atoms. The molecule has 132 valence electrons. The van der Waals surface area contributed by atoms with Gasteiger partial charge in [0.2, 0.25) is 0 Å². The van der Waals surface area contributed by atoms with E-state index < -0.39 is 0 Å². The molecule has 0 aliphatic rings. The summed E-state index contributed by atoms with van der Waals surface area (Å²) in [6, 6.07) is 10.8. The first kappa shape index (κ1) is 18.9. The van der Waals surface area contributed by atoms with E-state index in [0.29, 0.717) is 23.5 Å². The molecule has 1 N–H and O–H groups in total. The Labute approximate surface area is 153 Å². The number of aliphatic hydroxyl groups excluding tert-OH is 1.